The third kappa shape index (κ3) is 3.26. The zero-order chi connectivity index (χ0) is 19.9. The molecule has 8 heteroatoms. The maximum absolute atomic E-state index is 12.5. The van der Waals surface area contributed by atoms with Crippen LogP contribution < -0.4 is 0 Å². The van der Waals surface area contributed by atoms with E-state index in [4.69, 9.17) is 5.11 Å². The van der Waals surface area contributed by atoms with Crippen molar-refractivity contribution in [1.29, 1.82) is 0 Å². The fourth-order valence-corrected chi connectivity index (χ4v) is 6.25. The van der Waals surface area contributed by atoms with E-state index in [0.29, 0.717) is 16.0 Å². The highest BCUT2D eigenvalue weighted by Crippen LogP contribution is 2.40. The Bertz CT molecular complexity index is 1170. The van der Waals surface area contributed by atoms with Gasteiger partial charge in [0.1, 0.15) is 6.54 Å². The van der Waals surface area contributed by atoms with Crippen LogP contribution in [0, 0.1) is 0 Å². The lowest BCUT2D eigenvalue weighted by molar-refractivity contribution is -0.137. The lowest BCUT2D eigenvalue weighted by Gasteiger charge is -2.11. The van der Waals surface area contributed by atoms with Crippen molar-refractivity contribution in [3.05, 3.63) is 76.7 Å². The molecule has 0 amide bonds. The Morgan fingerprint density at radius 2 is 1.64 bits per heavy atom. The zero-order valence-corrected chi connectivity index (χ0v) is 16.2. The number of hydrogen-bond donors (Lipinski definition) is 1. The van der Waals surface area contributed by atoms with Gasteiger partial charge in [-0.05, 0) is 11.6 Å². The summed E-state index contributed by atoms with van der Waals surface area (Å²) in [6, 6.07) is 17.6. The highest BCUT2D eigenvalue weighted by molar-refractivity contribution is 7.89. The first kappa shape index (κ1) is 18.5. The maximum Gasteiger partial charge on any atom is 0.318 e. The summed E-state index contributed by atoms with van der Waals surface area (Å²) in [5.41, 5.74) is 1.97. The molecule has 0 radical (unpaired) electrons. The van der Waals surface area contributed by atoms with Crippen LogP contribution in [-0.4, -0.2) is 36.1 Å². The summed E-state index contributed by atoms with van der Waals surface area (Å²) in [5, 5.41) is 8.88. The van der Waals surface area contributed by atoms with Crippen molar-refractivity contribution >= 4 is 33.1 Å². The molecule has 3 aromatic rings. The first-order valence-corrected chi connectivity index (χ1v) is 10.7. The number of fused-ring (bicyclic) bond motifs is 1. The van der Waals surface area contributed by atoms with Gasteiger partial charge in [0.05, 0.1) is 11.4 Å². The van der Waals surface area contributed by atoms with E-state index in [9.17, 15) is 18.0 Å². The second-order valence-electron chi connectivity index (χ2n) is 6.34. The lowest BCUT2D eigenvalue weighted by atomic mass is 10.0. The molecule has 0 saturated carbocycles. The van der Waals surface area contributed by atoms with E-state index in [1.54, 1.807) is 42.5 Å². The Morgan fingerprint density at radius 1 is 1.00 bits per heavy atom. The van der Waals surface area contributed by atoms with Crippen LogP contribution in [0.2, 0.25) is 0 Å². The summed E-state index contributed by atoms with van der Waals surface area (Å²) in [5.74, 6) is -1.26. The van der Waals surface area contributed by atoms with Gasteiger partial charge in [-0.15, -0.1) is 11.3 Å². The fourth-order valence-electron chi connectivity index (χ4n) is 3.10. The summed E-state index contributed by atoms with van der Waals surface area (Å²) in [7, 11) is -3.78. The molecule has 2 heterocycles. The van der Waals surface area contributed by atoms with Crippen LogP contribution in [0.4, 0.5) is 0 Å². The normalized spacial score (nSPS) is 15.3. The van der Waals surface area contributed by atoms with Gasteiger partial charge in [0, 0.05) is 20.9 Å². The summed E-state index contributed by atoms with van der Waals surface area (Å²) in [6.45, 7) is -0.478. The highest BCUT2D eigenvalue weighted by Gasteiger charge is 2.37. The number of nitrogens with zero attached hydrogens (tertiary/aromatic N) is 1. The van der Waals surface area contributed by atoms with Crippen molar-refractivity contribution in [1.82, 2.24) is 4.31 Å². The predicted molar refractivity (Wildman–Crippen MR) is 105 cm³/mol. The van der Waals surface area contributed by atoms with E-state index < -0.39 is 22.5 Å². The lowest BCUT2D eigenvalue weighted by Crippen LogP contribution is -2.30. The average molecular weight is 413 g/mol. The van der Waals surface area contributed by atoms with Crippen LogP contribution in [0.1, 0.15) is 20.8 Å². The van der Waals surface area contributed by atoms with Gasteiger partial charge >= 0.3 is 5.97 Å². The number of ketones is 1. The molecule has 1 N–H and O–H groups in total. The number of carboxylic acids is 1. The second-order valence-corrected chi connectivity index (χ2v) is 9.38. The molecule has 0 atom stereocenters. The number of thiophene rings is 1. The molecule has 0 spiro atoms. The number of hydrogen-bond acceptors (Lipinski definition) is 5. The average Bonchev–Trinajstić information content (AvgIpc) is 3.20. The SMILES string of the molecule is O=C(O)CN1Cc2sc(-c3ccc(C(=O)c4ccccc4)cc3)cc2S1(=O)=O. The van der Waals surface area contributed by atoms with Crippen LogP contribution in [0.25, 0.3) is 10.4 Å². The third-order valence-corrected chi connectivity index (χ3v) is 7.64. The molecule has 142 valence electrons. The molecule has 0 aliphatic carbocycles. The van der Waals surface area contributed by atoms with Crippen molar-refractivity contribution in [2.75, 3.05) is 6.54 Å². The third-order valence-electron chi connectivity index (χ3n) is 4.49. The molecule has 0 unspecified atom stereocenters. The molecule has 0 fully saturated rings. The van der Waals surface area contributed by atoms with Crippen LogP contribution in [0.3, 0.4) is 0 Å². The van der Waals surface area contributed by atoms with Gasteiger partial charge in [0.25, 0.3) is 0 Å². The molecule has 2 aromatic carbocycles. The summed E-state index contributed by atoms with van der Waals surface area (Å²) >= 11 is 1.32. The van der Waals surface area contributed by atoms with Crippen molar-refractivity contribution in [3.8, 4) is 10.4 Å². The molecular formula is C20H15NO5S2. The minimum Gasteiger partial charge on any atom is -0.480 e. The van der Waals surface area contributed by atoms with E-state index in [0.717, 1.165) is 14.7 Å². The van der Waals surface area contributed by atoms with Crippen LogP contribution in [0.5, 0.6) is 0 Å². The number of carbonyl (C=O) groups is 2. The number of benzene rings is 2. The first-order chi connectivity index (χ1) is 13.4. The molecule has 1 aliphatic heterocycles. The molecule has 0 bridgehead atoms. The second kappa shape index (κ2) is 6.97. The molecular weight excluding hydrogens is 398 g/mol. The van der Waals surface area contributed by atoms with Crippen molar-refractivity contribution < 1.29 is 23.1 Å². The molecule has 0 saturated heterocycles. The van der Waals surface area contributed by atoms with Crippen LogP contribution in [0.15, 0.2) is 65.6 Å². The highest BCUT2D eigenvalue weighted by atomic mass is 32.2. The largest absolute Gasteiger partial charge is 0.480 e. The Hall–Kier alpha value is -2.81. The Balaban J connectivity index is 1.59. The van der Waals surface area contributed by atoms with Crippen LogP contribution >= 0.6 is 11.3 Å². The number of aliphatic carboxylic acids is 1. The van der Waals surface area contributed by atoms with Crippen molar-refractivity contribution in [3.63, 3.8) is 0 Å². The van der Waals surface area contributed by atoms with Gasteiger partial charge in [-0.1, -0.05) is 54.6 Å². The first-order valence-electron chi connectivity index (χ1n) is 8.41. The maximum atomic E-state index is 12.5. The molecule has 6 nitrogen and oxygen atoms in total. The molecule has 1 aromatic heterocycles. The van der Waals surface area contributed by atoms with Crippen LogP contribution in [-0.2, 0) is 21.4 Å². The Labute approximate surface area is 165 Å². The zero-order valence-electron chi connectivity index (χ0n) is 14.5. The van der Waals surface area contributed by atoms with E-state index in [2.05, 4.69) is 0 Å². The molecule has 4 rings (SSSR count). The van der Waals surface area contributed by atoms with Crippen molar-refractivity contribution in [2.45, 2.75) is 11.4 Å². The van der Waals surface area contributed by atoms with E-state index >= 15 is 0 Å². The monoisotopic (exact) mass is 413 g/mol. The topological polar surface area (TPSA) is 91.8 Å². The van der Waals surface area contributed by atoms with E-state index in [1.807, 2.05) is 18.2 Å². The number of rotatable bonds is 5. The summed E-state index contributed by atoms with van der Waals surface area (Å²) < 4.78 is 25.9. The van der Waals surface area contributed by atoms with Gasteiger partial charge in [-0.3, -0.25) is 9.59 Å². The van der Waals surface area contributed by atoms with E-state index in [1.165, 1.54) is 11.3 Å². The standard InChI is InChI=1S/C20H15NO5S2/c22-19(23)12-21-11-17-18(28(21,25)26)10-16(27-17)13-6-8-15(9-7-13)20(24)14-4-2-1-3-5-14/h1-10H,11-12H2,(H,22,23). The van der Waals surface area contributed by atoms with Gasteiger partial charge in [0.2, 0.25) is 10.0 Å². The number of carboxylic acid groups (broad SMARTS) is 1. The van der Waals surface area contributed by atoms with Gasteiger partial charge in [0.15, 0.2) is 5.78 Å². The Morgan fingerprint density at radius 3 is 2.25 bits per heavy atom. The quantitative estimate of drug-likeness (QED) is 0.649. The summed E-state index contributed by atoms with van der Waals surface area (Å²) in [4.78, 5) is 24.9. The molecule has 1 aliphatic rings. The van der Waals surface area contributed by atoms with Gasteiger partial charge in [-0.25, -0.2) is 8.42 Å². The molecule has 28 heavy (non-hydrogen) atoms. The number of sulfonamides is 1. The summed E-state index contributed by atoms with van der Waals surface area (Å²) in [6.07, 6.45) is 0. The minimum absolute atomic E-state index is 0.0687. The minimum atomic E-state index is -3.78. The number of carbonyl (C=O) groups excluding carboxylic acids is 1. The van der Waals surface area contributed by atoms with E-state index in [-0.39, 0.29) is 17.2 Å². The van der Waals surface area contributed by atoms with Crippen molar-refractivity contribution in [2.24, 2.45) is 0 Å². The smallest absolute Gasteiger partial charge is 0.318 e. The predicted octanol–water partition coefficient (Wildman–Crippen LogP) is 3.24. The van der Waals surface area contributed by atoms with Gasteiger partial charge < -0.3 is 5.11 Å². The fraction of sp³-hybridized carbons (Fsp3) is 0.100. The van der Waals surface area contributed by atoms with Gasteiger partial charge in [-0.2, -0.15) is 4.31 Å². The Kier molecular flexibility index (Phi) is 4.62.